The SMILES string of the molecule is N#Cc1ccc2c(c1)C1(CCCCC1)c1cc(-c3ccccc3-c3nc(-c4ccccc4)cc(-c4ccc5ccccc5c4)n3)ccc1-2. The molecule has 2 aliphatic carbocycles. The highest BCUT2D eigenvalue weighted by atomic mass is 14.9. The summed E-state index contributed by atoms with van der Waals surface area (Å²) in [6.07, 6.45) is 5.90. The second-order valence-electron chi connectivity index (χ2n) is 13.2. The van der Waals surface area contributed by atoms with Crippen LogP contribution in [0.5, 0.6) is 0 Å². The third-order valence-electron chi connectivity index (χ3n) is 10.5. The lowest BCUT2D eigenvalue weighted by molar-refractivity contribution is 0.353. The highest BCUT2D eigenvalue weighted by Crippen LogP contribution is 2.56. The van der Waals surface area contributed by atoms with Crippen molar-refractivity contribution in [1.82, 2.24) is 9.97 Å². The summed E-state index contributed by atoms with van der Waals surface area (Å²) in [7, 11) is 0. The summed E-state index contributed by atoms with van der Waals surface area (Å²) < 4.78 is 0. The first-order chi connectivity index (χ1) is 23.7. The molecule has 1 spiro atoms. The number of nitrogens with zero attached hydrogens (tertiary/aromatic N) is 3. The number of rotatable bonds is 4. The standard InChI is InChI=1S/C45H33N3/c46-29-30-17-21-37-38-22-20-34(27-41(38)45(40(37)25-30)23-9-2-10-24-45)36-15-7-8-16-39(36)44-47-42(32-12-3-1-4-13-32)28-43(48-44)35-19-18-31-11-5-6-14-33(31)26-35/h1,3-8,11-22,25-28H,2,9-10,23-24H2. The molecule has 2 aliphatic rings. The molecule has 48 heavy (non-hydrogen) atoms. The summed E-state index contributed by atoms with van der Waals surface area (Å²) in [5.41, 5.74) is 13.2. The van der Waals surface area contributed by atoms with Crippen LogP contribution in [0.3, 0.4) is 0 Å². The molecule has 0 bridgehead atoms. The van der Waals surface area contributed by atoms with Crippen molar-refractivity contribution < 1.29 is 0 Å². The second-order valence-corrected chi connectivity index (χ2v) is 13.2. The van der Waals surface area contributed by atoms with Gasteiger partial charge in [-0.2, -0.15) is 5.26 Å². The van der Waals surface area contributed by atoms with Gasteiger partial charge in [0.05, 0.1) is 23.0 Å². The van der Waals surface area contributed by atoms with Gasteiger partial charge in [0.1, 0.15) is 0 Å². The molecule has 6 aromatic carbocycles. The fraction of sp³-hybridized carbons (Fsp3) is 0.133. The minimum atomic E-state index is -0.0479. The molecule has 3 heteroatoms. The molecule has 0 saturated heterocycles. The molecule has 0 radical (unpaired) electrons. The summed E-state index contributed by atoms with van der Waals surface area (Å²) in [6.45, 7) is 0. The van der Waals surface area contributed by atoms with Crippen LogP contribution >= 0.6 is 0 Å². The zero-order valence-electron chi connectivity index (χ0n) is 26.7. The van der Waals surface area contributed by atoms with Gasteiger partial charge >= 0.3 is 0 Å². The van der Waals surface area contributed by atoms with Gasteiger partial charge in [-0.3, -0.25) is 0 Å². The molecular formula is C45H33N3. The number of hydrogen-bond donors (Lipinski definition) is 0. The Hall–Kier alpha value is -5.85. The molecule has 1 saturated carbocycles. The third kappa shape index (κ3) is 4.64. The van der Waals surface area contributed by atoms with Gasteiger partial charge in [-0.15, -0.1) is 0 Å². The lowest BCUT2D eigenvalue weighted by atomic mass is 9.67. The smallest absolute Gasteiger partial charge is 0.161 e. The minimum Gasteiger partial charge on any atom is -0.228 e. The highest BCUT2D eigenvalue weighted by molar-refractivity contribution is 5.90. The Kier molecular flexibility index (Phi) is 6.76. The van der Waals surface area contributed by atoms with Gasteiger partial charge in [0, 0.05) is 22.1 Å². The van der Waals surface area contributed by atoms with E-state index >= 15 is 0 Å². The predicted octanol–water partition coefficient (Wildman–Crippen LogP) is 11.4. The minimum absolute atomic E-state index is 0.0479. The van der Waals surface area contributed by atoms with Crippen LogP contribution in [0.1, 0.15) is 48.8 Å². The average Bonchev–Trinajstić information content (AvgIpc) is 3.42. The van der Waals surface area contributed by atoms with E-state index in [2.05, 4.69) is 133 Å². The Morgan fingerprint density at radius 3 is 1.92 bits per heavy atom. The molecule has 0 aliphatic heterocycles. The van der Waals surface area contributed by atoms with Crippen molar-refractivity contribution >= 4 is 10.8 Å². The molecular weight excluding hydrogens is 583 g/mol. The number of nitriles is 1. The van der Waals surface area contributed by atoms with Crippen LogP contribution in [-0.4, -0.2) is 9.97 Å². The molecule has 0 atom stereocenters. The molecule has 7 aromatic rings. The van der Waals surface area contributed by atoms with E-state index in [0.717, 1.165) is 52.0 Å². The van der Waals surface area contributed by atoms with Gasteiger partial charge in [-0.05, 0) is 87.3 Å². The van der Waals surface area contributed by atoms with Gasteiger partial charge in [0.25, 0.3) is 0 Å². The van der Waals surface area contributed by atoms with E-state index in [1.807, 2.05) is 12.1 Å². The lowest BCUT2D eigenvalue weighted by Gasteiger charge is -2.36. The van der Waals surface area contributed by atoms with E-state index < -0.39 is 0 Å². The van der Waals surface area contributed by atoms with Crippen LogP contribution in [0.2, 0.25) is 0 Å². The maximum absolute atomic E-state index is 9.77. The zero-order valence-corrected chi connectivity index (χ0v) is 26.7. The predicted molar refractivity (Wildman–Crippen MR) is 195 cm³/mol. The number of aromatic nitrogens is 2. The molecule has 1 heterocycles. The van der Waals surface area contributed by atoms with Gasteiger partial charge in [0.2, 0.25) is 0 Å². The van der Waals surface area contributed by atoms with Gasteiger partial charge in [0.15, 0.2) is 5.82 Å². The lowest BCUT2D eigenvalue weighted by Crippen LogP contribution is -2.28. The number of fused-ring (bicyclic) bond motifs is 6. The number of benzene rings is 6. The van der Waals surface area contributed by atoms with E-state index in [0.29, 0.717) is 5.82 Å². The first-order valence-electron chi connectivity index (χ1n) is 16.9. The highest BCUT2D eigenvalue weighted by Gasteiger charge is 2.44. The van der Waals surface area contributed by atoms with Crippen molar-refractivity contribution in [3.63, 3.8) is 0 Å². The average molecular weight is 616 g/mol. The Morgan fingerprint density at radius 1 is 0.479 bits per heavy atom. The van der Waals surface area contributed by atoms with Crippen LogP contribution in [0, 0.1) is 11.3 Å². The van der Waals surface area contributed by atoms with Crippen LogP contribution in [0.15, 0.2) is 140 Å². The topological polar surface area (TPSA) is 49.6 Å². The monoisotopic (exact) mass is 615 g/mol. The quantitative estimate of drug-likeness (QED) is 0.198. The molecule has 228 valence electrons. The molecule has 3 nitrogen and oxygen atoms in total. The Bertz CT molecular complexity index is 2390. The molecule has 0 amide bonds. The van der Waals surface area contributed by atoms with Crippen LogP contribution in [-0.2, 0) is 5.41 Å². The Balaban J connectivity index is 1.21. The van der Waals surface area contributed by atoms with Gasteiger partial charge in [-0.25, -0.2) is 9.97 Å². The van der Waals surface area contributed by atoms with Crippen molar-refractivity contribution in [3.05, 3.63) is 156 Å². The first-order valence-corrected chi connectivity index (χ1v) is 16.9. The largest absolute Gasteiger partial charge is 0.228 e. The van der Waals surface area contributed by atoms with Crippen LogP contribution in [0.25, 0.3) is 66.9 Å². The second kappa shape index (κ2) is 11.4. The third-order valence-corrected chi connectivity index (χ3v) is 10.5. The zero-order chi connectivity index (χ0) is 32.1. The van der Waals surface area contributed by atoms with E-state index in [1.54, 1.807) is 0 Å². The summed E-state index contributed by atoms with van der Waals surface area (Å²) in [4.78, 5) is 10.5. The molecule has 1 aromatic heterocycles. The van der Waals surface area contributed by atoms with Crippen molar-refractivity contribution in [2.24, 2.45) is 0 Å². The first kappa shape index (κ1) is 28.4. The molecule has 1 fully saturated rings. The number of hydrogen-bond acceptors (Lipinski definition) is 3. The van der Waals surface area contributed by atoms with Crippen molar-refractivity contribution in [1.29, 1.82) is 5.26 Å². The van der Waals surface area contributed by atoms with Crippen LogP contribution < -0.4 is 0 Å². The fourth-order valence-electron chi connectivity index (χ4n) is 8.18. The fourth-order valence-corrected chi connectivity index (χ4v) is 8.18. The Labute approximate surface area is 281 Å². The van der Waals surface area contributed by atoms with Crippen molar-refractivity contribution in [2.45, 2.75) is 37.5 Å². The maximum Gasteiger partial charge on any atom is 0.161 e. The normalized spacial score (nSPS) is 14.4. The van der Waals surface area contributed by atoms with Crippen LogP contribution in [0.4, 0.5) is 0 Å². The summed E-state index contributed by atoms with van der Waals surface area (Å²) in [5, 5.41) is 12.2. The summed E-state index contributed by atoms with van der Waals surface area (Å²) in [5.74, 6) is 0.713. The molecule has 0 N–H and O–H groups in total. The van der Waals surface area contributed by atoms with Gasteiger partial charge < -0.3 is 0 Å². The van der Waals surface area contributed by atoms with E-state index in [-0.39, 0.29) is 5.41 Å². The van der Waals surface area contributed by atoms with Crippen molar-refractivity contribution in [2.75, 3.05) is 0 Å². The summed E-state index contributed by atoms with van der Waals surface area (Å²) in [6, 6.07) is 51.7. The molecule has 9 rings (SSSR count). The van der Waals surface area contributed by atoms with E-state index in [9.17, 15) is 5.26 Å². The maximum atomic E-state index is 9.77. The van der Waals surface area contributed by atoms with E-state index in [4.69, 9.17) is 9.97 Å². The van der Waals surface area contributed by atoms with Gasteiger partial charge in [-0.1, -0.05) is 128 Å². The Morgan fingerprint density at radius 2 is 1.12 bits per heavy atom. The molecule has 0 unspecified atom stereocenters. The van der Waals surface area contributed by atoms with E-state index in [1.165, 1.54) is 57.9 Å². The summed E-state index contributed by atoms with van der Waals surface area (Å²) >= 11 is 0. The van der Waals surface area contributed by atoms with Crippen molar-refractivity contribution in [3.8, 4) is 62.2 Å².